The Morgan fingerprint density at radius 3 is 2.53 bits per heavy atom. The van der Waals surface area contributed by atoms with Gasteiger partial charge < -0.3 is 10.6 Å². The third-order valence-electron chi connectivity index (χ3n) is 5.07. The van der Waals surface area contributed by atoms with E-state index in [9.17, 15) is 0 Å². The molecule has 1 atom stereocenters. The van der Waals surface area contributed by atoms with E-state index < -0.39 is 0 Å². The maximum absolute atomic E-state index is 3.93. The molecule has 1 aromatic carbocycles. The van der Waals surface area contributed by atoms with Crippen molar-refractivity contribution in [2.75, 3.05) is 18.4 Å². The highest BCUT2D eigenvalue weighted by Crippen LogP contribution is 2.44. The number of nitrogens with one attached hydrogen (secondary N) is 2. The molecule has 2 fully saturated rings. The van der Waals surface area contributed by atoms with Gasteiger partial charge in [0.25, 0.3) is 0 Å². The summed E-state index contributed by atoms with van der Waals surface area (Å²) in [4.78, 5) is 0. The Kier molecular flexibility index (Phi) is 2.99. The van der Waals surface area contributed by atoms with E-state index in [4.69, 9.17) is 0 Å². The number of fused-ring (bicyclic) bond motifs is 1. The molecule has 0 aromatic heterocycles. The zero-order valence-electron chi connectivity index (χ0n) is 11.6. The van der Waals surface area contributed by atoms with Crippen LogP contribution >= 0.6 is 0 Å². The normalized spacial score (nSPS) is 26.1. The molecule has 2 heteroatoms. The molecule has 102 valence electrons. The number of anilines is 1. The first-order valence-corrected chi connectivity index (χ1v) is 7.98. The van der Waals surface area contributed by atoms with Crippen molar-refractivity contribution in [3.05, 3.63) is 29.8 Å². The topological polar surface area (TPSA) is 24.1 Å². The number of hydrogen-bond donors (Lipinski definition) is 2. The van der Waals surface area contributed by atoms with Crippen LogP contribution in [0.25, 0.3) is 0 Å². The fourth-order valence-electron chi connectivity index (χ4n) is 3.67. The molecule has 0 amide bonds. The molecule has 0 radical (unpaired) electrons. The summed E-state index contributed by atoms with van der Waals surface area (Å²) in [6.07, 6.45) is 7.15. The van der Waals surface area contributed by atoms with Gasteiger partial charge in [-0.3, -0.25) is 0 Å². The van der Waals surface area contributed by atoms with Crippen molar-refractivity contribution in [2.45, 2.75) is 44.1 Å². The van der Waals surface area contributed by atoms with Gasteiger partial charge in [0.05, 0.1) is 0 Å². The average Bonchev–Trinajstić information content (AvgIpc) is 3.33. The number of benzene rings is 1. The van der Waals surface area contributed by atoms with Gasteiger partial charge in [-0.05, 0) is 55.6 Å². The molecule has 0 saturated heterocycles. The summed E-state index contributed by atoms with van der Waals surface area (Å²) in [5.74, 6) is 2.71. The Morgan fingerprint density at radius 2 is 1.79 bits per heavy atom. The third-order valence-corrected chi connectivity index (χ3v) is 5.07. The van der Waals surface area contributed by atoms with Gasteiger partial charge in [-0.15, -0.1) is 0 Å². The second kappa shape index (κ2) is 4.82. The Hall–Kier alpha value is -1.02. The molecule has 2 saturated carbocycles. The zero-order chi connectivity index (χ0) is 12.7. The molecule has 3 aliphatic rings. The lowest BCUT2D eigenvalue weighted by Gasteiger charge is -2.29. The van der Waals surface area contributed by atoms with Crippen LogP contribution in [0.3, 0.4) is 0 Å². The van der Waals surface area contributed by atoms with Gasteiger partial charge in [0.15, 0.2) is 0 Å². The van der Waals surface area contributed by atoms with Crippen LogP contribution < -0.4 is 10.6 Å². The molecule has 1 unspecified atom stereocenters. The minimum absolute atomic E-state index is 0.706. The highest BCUT2D eigenvalue weighted by Gasteiger charge is 2.41. The number of hydrogen-bond acceptors (Lipinski definition) is 2. The summed E-state index contributed by atoms with van der Waals surface area (Å²) in [6, 6.07) is 9.68. The van der Waals surface area contributed by atoms with Gasteiger partial charge in [-0.2, -0.15) is 0 Å². The van der Waals surface area contributed by atoms with E-state index >= 15 is 0 Å². The minimum Gasteiger partial charge on any atom is -0.385 e. The molecule has 0 spiro atoms. The molecular weight excluding hydrogens is 232 g/mol. The summed E-state index contributed by atoms with van der Waals surface area (Å²) < 4.78 is 0. The maximum Gasteiger partial charge on any atom is 0.0376 e. The van der Waals surface area contributed by atoms with Crippen molar-refractivity contribution >= 4 is 5.69 Å². The van der Waals surface area contributed by atoms with Crippen LogP contribution in [-0.4, -0.2) is 19.1 Å². The van der Waals surface area contributed by atoms with Crippen molar-refractivity contribution < 1.29 is 0 Å². The Labute approximate surface area is 116 Å². The molecule has 0 bridgehead atoms. The zero-order valence-corrected chi connectivity index (χ0v) is 11.6. The first kappa shape index (κ1) is 11.8. The molecule has 1 aliphatic heterocycles. The average molecular weight is 256 g/mol. The van der Waals surface area contributed by atoms with Crippen LogP contribution in [0.4, 0.5) is 5.69 Å². The van der Waals surface area contributed by atoms with Gasteiger partial charge in [-0.1, -0.05) is 18.2 Å². The lowest BCUT2D eigenvalue weighted by Crippen LogP contribution is -2.37. The predicted octanol–water partition coefficient (Wildman–Crippen LogP) is 3.36. The van der Waals surface area contributed by atoms with Crippen LogP contribution in [0.2, 0.25) is 0 Å². The van der Waals surface area contributed by atoms with Gasteiger partial charge in [0.2, 0.25) is 0 Å². The summed E-state index contributed by atoms with van der Waals surface area (Å²) in [5.41, 5.74) is 2.88. The van der Waals surface area contributed by atoms with Crippen molar-refractivity contribution in [3.63, 3.8) is 0 Å². The van der Waals surface area contributed by atoms with E-state index in [1.807, 2.05) is 0 Å². The molecule has 2 N–H and O–H groups in total. The first-order chi connectivity index (χ1) is 9.42. The van der Waals surface area contributed by atoms with Crippen LogP contribution in [0.1, 0.15) is 43.6 Å². The second-order valence-corrected chi connectivity index (χ2v) is 6.61. The Balaban J connectivity index is 1.42. The highest BCUT2D eigenvalue weighted by molar-refractivity contribution is 5.54. The summed E-state index contributed by atoms with van der Waals surface area (Å²) >= 11 is 0. The minimum atomic E-state index is 0.706. The van der Waals surface area contributed by atoms with Crippen LogP contribution in [0.5, 0.6) is 0 Å². The lowest BCUT2D eigenvalue weighted by molar-refractivity contribution is 0.396. The van der Waals surface area contributed by atoms with E-state index in [2.05, 4.69) is 34.9 Å². The Bertz CT molecular complexity index is 436. The smallest absolute Gasteiger partial charge is 0.0376 e. The van der Waals surface area contributed by atoms with E-state index in [0.29, 0.717) is 5.92 Å². The van der Waals surface area contributed by atoms with E-state index in [0.717, 1.165) is 24.4 Å². The van der Waals surface area contributed by atoms with Crippen molar-refractivity contribution in [3.8, 4) is 0 Å². The standard InChI is InChI=1S/C17H24N2/c1-2-4-16-15(3-1)14(9-10-18-16)11-19-17(12-5-6-12)13-7-8-13/h1-4,12-14,17-19H,5-11H2. The highest BCUT2D eigenvalue weighted by atomic mass is 15.0. The Morgan fingerprint density at radius 1 is 1.05 bits per heavy atom. The number of para-hydroxylation sites is 1. The fourth-order valence-corrected chi connectivity index (χ4v) is 3.67. The SMILES string of the molecule is c1ccc2c(c1)NCCC2CNC(C1CC1)C1CC1. The van der Waals surface area contributed by atoms with E-state index in [1.165, 1.54) is 49.9 Å². The van der Waals surface area contributed by atoms with Crippen molar-refractivity contribution in [2.24, 2.45) is 11.8 Å². The van der Waals surface area contributed by atoms with Crippen LogP contribution in [0, 0.1) is 11.8 Å². The first-order valence-electron chi connectivity index (χ1n) is 7.98. The summed E-state index contributed by atoms with van der Waals surface area (Å²) in [6.45, 7) is 2.30. The largest absolute Gasteiger partial charge is 0.385 e. The summed E-state index contributed by atoms with van der Waals surface area (Å²) in [7, 11) is 0. The predicted molar refractivity (Wildman–Crippen MR) is 79.5 cm³/mol. The van der Waals surface area contributed by atoms with Gasteiger partial charge in [0.1, 0.15) is 0 Å². The van der Waals surface area contributed by atoms with E-state index in [1.54, 1.807) is 0 Å². The molecule has 4 rings (SSSR count). The van der Waals surface area contributed by atoms with Gasteiger partial charge >= 0.3 is 0 Å². The quantitative estimate of drug-likeness (QED) is 0.844. The monoisotopic (exact) mass is 256 g/mol. The number of rotatable bonds is 5. The third kappa shape index (κ3) is 2.51. The maximum atomic E-state index is 3.93. The van der Waals surface area contributed by atoms with Gasteiger partial charge in [0, 0.05) is 30.7 Å². The molecule has 2 aliphatic carbocycles. The van der Waals surface area contributed by atoms with Crippen LogP contribution in [0.15, 0.2) is 24.3 Å². The second-order valence-electron chi connectivity index (χ2n) is 6.61. The van der Waals surface area contributed by atoms with Crippen molar-refractivity contribution in [1.29, 1.82) is 0 Å². The molecule has 2 nitrogen and oxygen atoms in total. The van der Waals surface area contributed by atoms with Crippen molar-refractivity contribution in [1.82, 2.24) is 5.32 Å². The molecule has 1 heterocycles. The molecular formula is C17H24N2. The van der Waals surface area contributed by atoms with Crippen LogP contribution in [-0.2, 0) is 0 Å². The fraction of sp³-hybridized carbons (Fsp3) is 0.647. The summed E-state index contributed by atoms with van der Waals surface area (Å²) in [5, 5.41) is 7.45. The van der Waals surface area contributed by atoms with Gasteiger partial charge in [-0.25, -0.2) is 0 Å². The van der Waals surface area contributed by atoms with E-state index in [-0.39, 0.29) is 0 Å². The molecule has 19 heavy (non-hydrogen) atoms. The lowest BCUT2D eigenvalue weighted by atomic mass is 9.90. The molecule has 1 aromatic rings.